The van der Waals surface area contributed by atoms with Crippen LogP contribution in [0.2, 0.25) is 0 Å². The van der Waals surface area contributed by atoms with E-state index in [2.05, 4.69) is 24.3 Å². The number of aliphatic carboxylic acids is 1. The van der Waals surface area contributed by atoms with Crippen molar-refractivity contribution in [3.05, 3.63) is 59.7 Å². The number of carboxylic acid groups (broad SMARTS) is 1. The van der Waals surface area contributed by atoms with Crippen molar-refractivity contribution in [1.29, 1.82) is 0 Å². The summed E-state index contributed by atoms with van der Waals surface area (Å²) in [6.45, 7) is 0.750. The van der Waals surface area contributed by atoms with Gasteiger partial charge in [0.15, 0.2) is 6.10 Å². The fraction of sp³-hybridized carbons (Fsp3) is 0.364. The molecule has 3 aliphatic rings. The third-order valence-corrected chi connectivity index (χ3v) is 5.95. The van der Waals surface area contributed by atoms with Gasteiger partial charge in [0, 0.05) is 5.92 Å². The maximum absolute atomic E-state index is 12.9. The monoisotopic (exact) mass is 395 g/mol. The van der Waals surface area contributed by atoms with Gasteiger partial charge in [0.2, 0.25) is 0 Å². The second-order valence-electron chi connectivity index (χ2n) is 7.56. The van der Waals surface area contributed by atoms with Gasteiger partial charge >= 0.3 is 12.1 Å². The van der Waals surface area contributed by atoms with E-state index < -0.39 is 24.3 Å². The molecular formula is C22H21NO6. The summed E-state index contributed by atoms with van der Waals surface area (Å²) in [4.78, 5) is 25.7. The summed E-state index contributed by atoms with van der Waals surface area (Å²) < 4.78 is 16.7. The molecule has 0 radical (unpaired) electrons. The molecule has 3 atom stereocenters. The number of carbonyl (C=O) groups is 2. The number of amides is 1. The zero-order valence-electron chi connectivity index (χ0n) is 15.7. The average Bonchev–Trinajstić information content (AvgIpc) is 3.34. The molecule has 2 fully saturated rings. The number of nitrogens with zero attached hydrogens (tertiary/aromatic N) is 1. The van der Waals surface area contributed by atoms with Crippen LogP contribution in [-0.4, -0.2) is 66.7 Å². The first-order chi connectivity index (χ1) is 14.1. The van der Waals surface area contributed by atoms with E-state index in [-0.39, 0.29) is 31.7 Å². The van der Waals surface area contributed by atoms with Crippen molar-refractivity contribution in [3.63, 3.8) is 0 Å². The zero-order valence-corrected chi connectivity index (χ0v) is 15.7. The lowest BCUT2D eigenvalue weighted by molar-refractivity contribution is -0.165. The summed E-state index contributed by atoms with van der Waals surface area (Å²) in [7, 11) is 0. The standard InChI is InChI=1S/C22H21NO6/c24-21(25)19-9-23(18-11-27-12-20(18)29-19)22(26)28-10-17-15-7-3-1-5-13(15)14-6-2-4-8-16(14)17/h1-8,17-20H,9-12H2,(H,24,25)/t18-,19?,20-/m1/s1. The highest BCUT2D eigenvalue weighted by Crippen LogP contribution is 2.44. The van der Waals surface area contributed by atoms with Gasteiger partial charge in [0.25, 0.3) is 0 Å². The molecular weight excluding hydrogens is 374 g/mol. The Labute approximate surface area is 167 Å². The molecule has 0 spiro atoms. The van der Waals surface area contributed by atoms with Crippen molar-refractivity contribution < 1.29 is 28.9 Å². The Kier molecular flexibility index (Phi) is 4.49. The molecule has 29 heavy (non-hydrogen) atoms. The molecule has 2 aromatic carbocycles. The van der Waals surface area contributed by atoms with Crippen LogP contribution in [0.25, 0.3) is 11.1 Å². The van der Waals surface area contributed by atoms with E-state index in [0.717, 1.165) is 22.3 Å². The minimum atomic E-state index is -1.09. The molecule has 1 aliphatic carbocycles. The predicted molar refractivity (Wildman–Crippen MR) is 103 cm³/mol. The Hall–Kier alpha value is -2.90. The lowest BCUT2D eigenvalue weighted by Crippen LogP contribution is -2.58. The van der Waals surface area contributed by atoms with Crippen LogP contribution < -0.4 is 0 Å². The number of carbonyl (C=O) groups excluding carboxylic acids is 1. The maximum atomic E-state index is 12.9. The normalized spacial score (nSPS) is 25.2. The summed E-state index contributed by atoms with van der Waals surface area (Å²) >= 11 is 0. The molecule has 150 valence electrons. The lowest BCUT2D eigenvalue weighted by Gasteiger charge is -2.38. The van der Waals surface area contributed by atoms with E-state index in [9.17, 15) is 14.7 Å². The smallest absolute Gasteiger partial charge is 0.410 e. The van der Waals surface area contributed by atoms with Crippen molar-refractivity contribution in [2.24, 2.45) is 0 Å². The quantitative estimate of drug-likeness (QED) is 0.860. The molecule has 2 heterocycles. The molecule has 5 rings (SSSR count). The number of rotatable bonds is 3. The van der Waals surface area contributed by atoms with E-state index >= 15 is 0 Å². The minimum Gasteiger partial charge on any atom is -0.479 e. The first kappa shape index (κ1) is 18.1. The van der Waals surface area contributed by atoms with Crippen LogP contribution in [0.4, 0.5) is 4.79 Å². The van der Waals surface area contributed by atoms with Crippen LogP contribution in [-0.2, 0) is 19.0 Å². The Bertz CT molecular complexity index is 914. The van der Waals surface area contributed by atoms with Crippen molar-refractivity contribution in [3.8, 4) is 11.1 Å². The Morgan fingerprint density at radius 2 is 1.69 bits per heavy atom. The molecule has 1 N–H and O–H groups in total. The third-order valence-electron chi connectivity index (χ3n) is 5.95. The number of carboxylic acids is 1. The molecule has 2 aromatic rings. The van der Waals surface area contributed by atoms with Gasteiger partial charge < -0.3 is 19.3 Å². The Balaban J connectivity index is 1.35. The van der Waals surface area contributed by atoms with Crippen LogP contribution in [0, 0.1) is 0 Å². The van der Waals surface area contributed by atoms with Gasteiger partial charge in [-0.05, 0) is 22.3 Å². The molecule has 7 nitrogen and oxygen atoms in total. The van der Waals surface area contributed by atoms with Crippen molar-refractivity contribution in [1.82, 2.24) is 4.90 Å². The highest BCUT2D eigenvalue weighted by molar-refractivity contribution is 5.79. The van der Waals surface area contributed by atoms with Crippen LogP contribution in [0.1, 0.15) is 17.0 Å². The first-order valence-corrected chi connectivity index (χ1v) is 9.71. The van der Waals surface area contributed by atoms with Gasteiger partial charge in [0.05, 0.1) is 25.8 Å². The summed E-state index contributed by atoms with van der Waals surface area (Å²) in [6.07, 6.45) is -2.04. The van der Waals surface area contributed by atoms with Crippen LogP contribution >= 0.6 is 0 Å². The molecule has 0 aromatic heterocycles. The zero-order chi connectivity index (χ0) is 20.0. The number of hydrogen-bond acceptors (Lipinski definition) is 5. The highest BCUT2D eigenvalue weighted by Gasteiger charge is 2.46. The van der Waals surface area contributed by atoms with E-state index in [1.807, 2.05) is 24.3 Å². The lowest BCUT2D eigenvalue weighted by atomic mass is 9.98. The van der Waals surface area contributed by atoms with E-state index in [1.165, 1.54) is 4.90 Å². The molecule has 0 saturated carbocycles. The summed E-state index contributed by atoms with van der Waals surface area (Å²) in [5.41, 5.74) is 4.58. The first-order valence-electron chi connectivity index (χ1n) is 9.71. The van der Waals surface area contributed by atoms with E-state index in [0.29, 0.717) is 6.61 Å². The molecule has 2 saturated heterocycles. The fourth-order valence-corrected chi connectivity index (χ4v) is 4.54. The van der Waals surface area contributed by atoms with Crippen LogP contribution in [0.15, 0.2) is 48.5 Å². The highest BCUT2D eigenvalue weighted by atomic mass is 16.6. The summed E-state index contributed by atoms with van der Waals surface area (Å²) in [5, 5.41) is 9.33. The fourth-order valence-electron chi connectivity index (χ4n) is 4.54. The Morgan fingerprint density at radius 3 is 2.34 bits per heavy atom. The average molecular weight is 395 g/mol. The molecule has 1 amide bonds. The maximum Gasteiger partial charge on any atom is 0.410 e. The number of ether oxygens (including phenoxy) is 3. The molecule has 2 aliphatic heterocycles. The van der Waals surface area contributed by atoms with Crippen molar-refractivity contribution in [2.45, 2.75) is 24.2 Å². The Morgan fingerprint density at radius 1 is 1.03 bits per heavy atom. The number of morpholine rings is 1. The van der Waals surface area contributed by atoms with Gasteiger partial charge in [-0.15, -0.1) is 0 Å². The number of benzene rings is 2. The van der Waals surface area contributed by atoms with Gasteiger partial charge in [-0.1, -0.05) is 48.5 Å². The van der Waals surface area contributed by atoms with Gasteiger partial charge in [-0.25, -0.2) is 9.59 Å². The topological polar surface area (TPSA) is 85.3 Å². The molecule has 1 unspecified atom stereocenters. The second kappa shape index (κ2) is 7.17. The second-order valence-corrected chi connectivity index (χ2v) is 7.56. The van der Waals surface area contributed by atoms with Crippen molar-refractivity contribution >= 4 is 12.1 Å². The number of fused-ring (bicyclic) bond motifs is 4. The van der Waals surface area contributed by atoms with E-state index in [1.54, 1.807) is 0 Å². The molecule has 0 bridgehead atoms. The summed E-state index contributed by atoms with van der Waals surface area (Å²) in [5.74, 6) is -1.13. The predicted octanol–water partition coefficient (Wildman–Crippen LogP) is 2.49. The summed E-state index contributed by atoms with van der Waals surface area (Å²) in [6, 6.07) is 15.9. The minimum absolute atomic E-state index is 0.0433. The van der Waals surface area contributed by atoms with Gasteiger partial charge in [0.1, 0.15) is 12.7 Å². The van der Waals surface area contributed by atoms with Gasteiger partial charge in [-0.3, -0.25) is 4.90 Å². The SMILES string of the molecule is O=C(O)C1CN(C(=O)OCC2c3ccccc3-c3ccccc32)[C@@H]2COC[C@H]2O1. The van der Waals surface area contributed by atoms with Crippen molar-refractivity contribution in [2.75, 3.05) is 26.4 Å². The number of hydrogen-bond donors (Lipinski definition) is 1. The van der Waals surface area contributed by atoms with Crippen LogP contribution in [0.5, 0.6) is 0 Å². The third kappa shape index (κ3) is 3.07. The largest absolute Gasteiger partial charge is 0.479 e. The van der Waals surface area contributed by atoms with Gasteiger partial charge in [-0.2, -0.15) is 0 Å². The van der Waals surface area contributed by atoms with Crippen LogP contribution in [0.3, 0.4) is 0 Å². The molecule has 7 heteroatoms. The van der Waals surface area contributed by atoms with E-state index in [4.69, 9.17) is 14.2 Å².